The van der Waals surface area contributed by atoms with Crippen LogP contribution in [0.15, 0.2) is 42.5 Å². The van der Waals surface area contributed by atoms with Gasteiger partial charge in [-0.3, -0.25) is 4.79 Å². The van der Waals surface area contributed by atoms with E-state index in [1.807, 2.05) is 6.07 Å². The summed E-state index contributed by atoms with van der Waals surface area (Å²) >= 11 is 0. The number of rotatable bonds is 5. The molecule has 0 spiro atoms. The molecule has 1 heterocycles. The largest absolute Gasteiger partial charge is 0.454 e. The Hall–Kier alpha value is -3.09. The number of halogens is 1. The van der Waals surface area contributed by atoms with Crippen LogP contribution in [0.4, 0.5) is 4.39 Å². The van der Waals surface area contributed by atoms with Crippen LogP contribution in [0, 0.1) is 5.82 Å². The number of nitrogens with one attached hydrogen (secondary N) is 1. The van der Waals surface area contributed by atoms with Gasteiger partial charge < -0.3 is 19.5 Å². The number of ether oxygens (including phenoxy) is 3. The highest BCUT2D eigenvalue weighted by molar-refractivity contribution is 5.91. The van der Waals surface area contributed by atoms with Crippen molar-refractivity contribution in [1.29, 1.82) is 0 Å². The first kappa shape index (κ1) is 16.8. The van der Waals surface area contributed by atoms with E-state index in [2.05, 4.69) is 5.32 Å². The highest BCUT2D eigenvalue weighted by Crippen LogP contribution is 2.34. The molecule has 1 amide bonds. The van der Waals surface area contributed by atoms with Crippen LogP contribution in [-0.2, 0) is 9.53 Å². The van der Waals surface area contributed by atoms with Crippen molar-refractivity contribution < 1.29 is 28.2 Å². The van der Waals surface area contributed by atoms with E-state index < -0.39 is 24.3 Å². The first-order chi connectivity index (χ1) is 12.0. The van der Waals surface area contributed by atoms with Crippen LogP contribution in [0.2, 0.25) is 0 Å². The van der Waals surface area contributed by atoms with Gasteiger partial charge in [0, 0.05) is 0 Å². The van der Waals surface area contributed by atoms with Gasteiger partial charge in [-0.15, -0.1) is 0 Å². The number of benzene rings is 2. The quantitative estimate of drug-likeness (QED) is 0.843. The lowest BCUT2D eigenvalue weighted by Gasteiger charge is -2.15. The van der Waals surface area contributed by atoms with Crippen molar-refractivity contribution in [2.75, 3.05) is 13.4 Å². The first-order valence-corrected chi connectivity index (χ1v) is 7.64. The van der Waals surface area contributed by atoms with E-state index in [9.17, 15) is 14.0 Å². The van der Waals surface area contributed by atoms with E-state index >= 15 is 0 Å². The monoisotopic (exact) mass is 345 g/mol. The van der Waals surface area contributed by atoms with Crippen molar-refractivity contribution >= 4 is 11.9 Å². The van der Waals surface area contributed by atoms with Gasteiger partial charge in [-0.1, -0.05) is 6.07 Å². The van der Waals surface area contributed by atoms with E-state index in [1.165, 1.54) is 12.1 Å². The number of hydrogen-bond acceptors (Lipinski definition) is 5. The van der Waals surface area contributed by atoms with Gasteiger partial charge in [-0.05, 0) is 48.9 Å². The third-order valence-corrected chi connectivity index (χ3v) is 3.69. The fourth-order valence-corrected chi connectivity index (χ4v) is 2.35. The Kier molecular flexibility index (Phi) is 4.83. The molecule has 0 bridgehead atoms. The second kappa shape index (κ2) is 7.21. The highest BCUT2D eigenvalue weighted by Gasteiger charge is 2.17. The van der Waals surface area contributed by atoms with Gasteiger partial charge in [0.1, 0.15) is 5.82 Å². The molecule has 0 unspecified atom stereocenters. The molecule has 130 valence electrons. The molecular formula is C18H16FNO5. The number of esters is 1. The minimum atomic E-state index is -0.689. The molecule has 0 aromatic heterocycles. The summed E-state index contributed by atoms with van der Waals surface area (Å²) in [5, 5.41) is 2.73. The Bertz CT molecular complexity index is 791. The Morgan fingerprint density at radius 2 is 1.88 bits per heavy atom. The average Bonchev–Trinajstić information content (AvgIpc) is 3.08. The Balaban J connectivity index is 1.52. The topological polar surface area (TPSA) is 73.9 Å². The molecule has 7 heteroatoms. The predicted molar refractivity (Wildman–Crippen MR) is 85.8 cm³/mol. The zero-order valence-corrected chi connectivity index (χ0v) is 13.5. The van der Waals surface area contributed by atoms with Crippen molar-refractivity contribution in [3.8, 4) is 11.5 Å². The van der Waals surface area contributed by atoms with Gasteiger partial charge in [0.05, 0.1) is 11.6 Å². The molecule has 1 atom stereocenters. The minimum absolute atomic E-state index is 0.179. The molecule has 1 N–H and O–H groups in total. The minimum Gasteiger partial charge on any atom is -0.454 e. The summed E-state index contributed by atoms with van der Waals surface area (Å²) < 4.78 is 28.3. The van der Waals surface area contributed by atoms with Gasteiger partial charge >= 0.3 is 5.97 Å². The van der Waals surface area contributed by atoms with E-state index in [1.54, 1.807) is 19.1 Å². The summed E-state index contributed by atoms with van der Waals surface area (Å²) in [4.78, 5) is 23.7. The summed E-state index contributed by atoms with van der Waals surface area (Å²) in [6.07, 6.45) is 0. The second-order valence-electron chi connectivity index (χ2n) is 5.48. The molecule has 0 aliphatic carbocycles. The third-order valence-electron chi connectivity index (χ3n) is 3.69. The maximum atomic E-state index is 12.8. The lowest BCUT2D eigenvalue weighted by molar-refractivity contribution is -0.124. The smallest absolute Gasteiger partial charge is 0.338 e. The molecular weight excluding hydrogens is 329 g/mol. The number of hydrogen-bond donors (Lipinski definition) is 1. The highest BCUT2D eigenvalue weighted by atomic mass is 19.1. The summed E-state index contributed by atoms with van der Waals surface area (Å²) in [5.41, 5.74) is 1.01. The molecule has 1 aliphatic rings. The zero-order valence-electron chi connectivity index (χ0n) is 13.5. The van der Waals surface area contributed by atoms with E-state index in [0.29, 0.717) is 11.5 Å². The lowest BCUT2D eigenvalue weighted by Crippen LogP contribution is -2.31. The number of fused-ring (bicyclic) bond motifs is 1. The van der Waals surface area contributed by atoms with Crippen LogP contribution in [-0.4, -0.2) is 25.3 Å². The Morgan fingerprint density at radius 1 is 1.16 bits per heavy atom. The van der Waals surface area contributed by atoms with Crippen LogP contribution in [0.25, 0.3) is 0 Å². The summed E-state index contributed by atoms with van der Waals surface area (Å²) in [5.74, 6) is -0.296. The second-order valence-corrected chi connectivity index (χ2v) is 5.48. The van der Waals surface area contributed by atoms with Crippen molar-refractivity contribution in [1.82, 2.24) is 5.32 Å². The van der Waals surface area contributed by atoms with Crippen LogP contribution in [0.1, 0.15) is 28.9 Å². The molecule has 25 heavy (non-hydrogen) atoms. The number of carbonyl (C=O) groups excluding carboxylic acids is 2. The number of carbonyl (C=O) groups is 2. The number of amides is 1. The summed E-state index contributed by atoms with van der Waals surface area (Å²) in [6, 6.07) is 9.98. The molecule has 2 aromatic rings. The first-order valence-electron chi connectivity index (χ1n) is 7.64. The van der Waals surface area contributed by atoms with Crippen LogP contribution in [0.3, 0.4) is 0 Å². The SMILES string of the molecule is C[C@H](NC(=O)COC(=O)c1ccc(F)cc1)c1ccc2c(c1)OCO2. The maximum Gasteiger partial charge on any atom is 0.338 e. The predicted octanol–water partition coefficient (Wildman–Crippen LogP) is 2.59. The van der Waals surface area contributed by atoms with Crippen molar-refractivity contribution in [2.24, 2.45) is 0 Å². The molecule has 0 saturated heterocycles. The van der Waals surface area contributed by atoms with Crippen molar-refractivity contribution in [3.05, 3.63) is 59.4 Å². The maximum absolute atomic E-state index is 12.8. The van der Waals surface area contributed by atoms with Crippen LogP contribution in [0.5, 0.6) is 11.5 Å². The normalized spacial score (nSPS) is 13.2. The summed E-state index contributed by atoms with van der Waals surface area (Å²) in [7, 11) is 0. The van der Waals surface area contributed by atoms with Crippen molar-refractivity contribution in [2.45, 2.75) is 13.0 Å². The average molecular weight is 345 g/mol. The zero-order chi connectivity index (χ0) is 17.8. The summed E-state index contributed by atoms with van der Waals surface area (Å²) in [6.45, 7) is 1.56. The Morgan fingerprint density at radius 3 is 2.64 bits per heavy atom. The van der Waals surface area contributed by atoms with Gasteiger partial charge in [0.15, 0.2) is 18.1 Å². The van der Waals surface area contributed by atoms with Crippen molar-refractivity contribution in [3.63, 3.8) is 0 Å². The molecule has 3 rings (SSSR count). The van der Waals surface area contributed by atoms with E-state index in [4.69, 9.17) is 14.2 Å². The fraction of sp³-hybridized carbons (Fsp3) is 0.222. The molecule has 0 radical (unpaired) electrons. The van der Waals surface area contributed by atoms with Gasteiger partial charge in [-0.25, -0.2) is 9.18 Å². The molecule has 1 aliphatic heterocycles. The Labute approximate surface area is 143 Å². The molecule has 2 aromatic carbocycles. The van der Waals surface area contributed by atoms with Gasteiger partial charge in [0.25, 0.3) is 5.91 Å². The van der Waals surface area contributed by atoms with E-state index in [0.717, 1.165) is 17.7 Å². The van der Waals surface area contributed by atoms with Crippen LogP contribution >= 0.6 is 0 Å². The van der Waals surface area contributed by atoms with Crippen LogP contribution < -0.4 is 14.8 Å². The standard InChI is InChI=1S/C18H16FNO5/c1-11(13-4-7-15-16(8-13)25-10-24-15)20-17(21)9-23-18(22)12-2-5-14(19)6-3-12/h2-8,11H,9-10H2,1H3,(H,20,21)/t11-/m0/s1. The fourth-order valence-electron chi connectivity index (χ4n) is 2.35. The molecule has 6 nitrogen and oxygen atoms in total. The third kappa shape index (κ3) is 4.06. The van der Waals surface area contributed by atoms with Gasteiger partial charge in [-0.2, -0.15) is 0 Å². The lowest BCUT2D eigenvalue weighted by atomic mass is 10.1. The van der Waals surface area contributed by atoms with E-state index in [-0.39, 0.29) is 18.4 Å². The molecule has 0 saturated carbocycles. The molecule has 0 fully saturated rings. The van der Waals surface area contributed by atoms with Gasteiger partial charge in [0.2, 0.25) is 6.79 Å².